The molecule has 8 heteroatoms. The standard InChI is InChI=1S/C16H18ClN5O2/c1-18-16(23)13-7-11(4-5-20-13)24-12-3-2-6-22(10-12)15-9-19-8-14(17)21-15/h4-5,7-9,12H,2-3,6,10H2,1H3,(H,18,23)/t12-/m0/s1. The Morgan fingerprint density at radius 1 is 1.46 bits per heavy atom. The lowest BCUT2D eigenvalue weighted by Crippen LogP contribution is -2.41. The van der Waals surface area contributed by atoms with Crippen LogP contribution in [0.3, 0.4) is 0 Å². The van der Waals surface area contributed by atoms with E-state index in [1.165, 1.54) is 6.20 Å². The molecule has 0 radical (unpaired) electrons. The zero-order chi connectivity index (χ0) is 16.9. The molecule has 3 heterocycles. The summed E-state index contributed by atoms with van der Waals surface area (Å²) in [4.78, 5) is 26.2. The number of rotatable bonds is 4. The molecular formula is C16H18ClN5O2. The van der Waals surface area contributed by atoms with Crippen molar-refractivity contribution in [2.75, 3.05) is 25.0 Å². The molecule has 1 amide bonds. The highest BCUT2D eigenvalue weighted by Gasteiger charge is 2.23. The smallest absolute Gasteiger partial charge is 0.269 e. The van der Waals surface area contributed by atoms with Crippen LogP contribution in [0.15, 0.2) is 30.7 Å². The van der Waals surface area contributed by atoms with Crippen molar-refractivity contribution in [3.8, 4) is 5.75 Å². The summed E-state index contributed by atoms with van der Waals surface area (Å²) >= 11 is 5.91. The molecule has 2 aromatic rings. The van der Waals surface area contributed by atoms with Crippen molar-refractivity contribution in [1.29, 1.82) is 0 Å². The summed E-state index contributed by atoms with van der Waals surface area (Å²) in [5.74, 6) is 1.14. The second-order valence-electron chi connectivity index (χ2n) is 5.48. The molecule has 0 spiro atoms. The Bertz CT molecular complexity index is 727. The van der Waals surface area contributed by atoms with Crippen molar-refractivity contribution < 1.29 is 9.53 Å². The third-order valence-electron chi connectivity index (χ3n) is 3.79. The van der Waals surface area contributed by atoms with Crippen LogP contribution in [0.1, 0.15) is 23.3 Å². The van der Waals surface area contributed by atoms with Crippen LogP contribution < -0.4 is 15.0 Å². The predicted octanol–water partition coefficient (Wildman–Crippen LogP) is 1.93. The molecule has 0 bridgehead atoms. The first kappa shape index (κ1) is 16.4. The van der Waals surface area contributed by atoms with E-state index < -0.39 is 0 Å². The Morgan fingerprint density at radius 2 is 2.33 bits per heavy atom. The van der Waals surface area contributed by atoms with Gasteiger partial charge in [-0.2, -0.15) is 0 Å². The number of ether oxygens (including phenoxy) is 1. The maximum atomic E-state index is 11.7. The molecule has 126 valence electrons. The largest absolute Gasteiger partial charge is 0.488 e. The minimum Gasteiger partial charge on any atom is -0.488 e. The summed E-state index contributed by atoms with van der Waals surface area (Å²) in [6.07, 6.45) is 6.70. The number of nitrogens with one attached hydrogen (secondary N) is 1. The van der Waals surface area contributed by atoms with E-state index in [1.54, 1.807) is 31.6 Å². The first-order chi connectivity index (χ1) is 11.7. The summed E-state index contributed by atoms with van der Waals surface area (Å²) in [7, 11) is 1.57. The van der Waals surface area contributed by atoms with Crippen molar-refractivity contribution in [3.05, 3.63) is 41.6 Å². The number of aromatic nitrogens is 3. The number of carbonyl (C=O) groups excluding carboxylic acids is 1. The molecule has 1 aliphatic heterocycles. The Labute approximate surface area is 145 Å². The zero-order valence-electron chi connectivity index (χ0n) is 13.3. The van der Waals surface area contributed by atoms with Crippen molar-refractivity contribution >= 4 is 23.3 Å². The number of hydrogen-bond acceptors (Lipinski definition) is 6. The number of amides is 1. The highest BCUT2D eigenvalue weighted by molar-refractivity contribution is 6.29. The van der Waals surface area contributed by atoms with Gasteiger partial charge >= 0.3 is 0 Å². The van der Waals surface area contributed by atoms with Gasteiger partial charge in [0.1, 0.15) is 28.5 Å². The Hall–Kier alpha value is -2.41. The molecule has 1 N–H and O–H groups in total. The molecule has 1 aliphatic rings. The highest BCUT2D eigenvalue weighted by Crippen LogP contribution is 2.22. The summed E-state index contributed by atoms with van der Waals surface area (Å²) in [5, 5.41) is 2.93. The maximum absolute atomic E-state index is 11.7. The summed E-state index contributed by atoms with van der Waals surface area (Å²) in [5.41, 5.74) is 0.336. The van der Waals surface area contributed by atoms with Crippen LogP contribution in [0, 0.1) is 0 Å². The molecule has 0 unspecified atom stereocenters. The maximum Gasteiger partial charge on any atom is 0.269 e. The Balaban J connectivity index is 1.68. The van der Waals surface area contributed by atoms with Gasteiger partial charge in [-0.15, -0.1) is 0 Å². The average Bonchev–Trinajstić information content (AvgIpc) is 2.61. The molecule has 1 saturated heterocycles. The van der Waals surface area contributed by atoms with Gasteiger partial charge < -0.3 is 15.0 Å². The van der Waals surface area contributed by atoms with Gasteiger partial charge in [0.2, 0.25) is 0 Å². The van der Waals surface area contributed by atoms with Crippen LogP contribution in [0.4, 0.5) is 5.82 Å². The van der Waals surface area contributed by atoms with Crippen molar-refractivity contribution in [1.82, 2.24) is 20.3 Å². The number of piperidine rings is 1. The quantitative estimate of drug-likeness (QED) is 0.910. The first-order valence-electron chi connectivity index (χ1n) is 7.73. The fourth-order valence-electron chi connectivity index (χ4n) is 2.66. The van der Waals surface area contributed by atoms with E-state index in [0.717, 1.165) is 25.2 Å². The monoisotopic (exact) mass is 347 g/mol. The van der Waals surface area contributed by atoms with Crippen LogP contribution in [0.5, 0.6) is 5.75 Å². The minimum atomic E-state index is -0.236. The second-order valence-corrected chi connectivity index (χ2v) is 5.87. The van der Waals surface area contributed by atoms with Crippen LogP contribution >= 0.6 is 11.6 Å². The number of halogens is 1. The van der Waals surface area contributed by atoms with E-state index in [0.29, 0.717) is 23.1 Å². The molecule has 3 rings (SSSR count). The van der Waals surface area contributed by atoms with E-state index >= 15 is 0 Å². The number of nitrogens with zero attached hydrogens (tertiary/aromatic N) is 4. The number of pyridine rings is 1. The summed E-state index contributed by atoms with van der Waals surface area (Å²) in [6, 6.07) is 3.40. The zero-order valence-corrected chi connectivity index (χ0v) is 14.0. The minimum absolute atomic E-state index is 0.000491. The van der Waals surface area contributed by atoms with Crippen molar-refractivity contribution in [3.63, 3.8) is 0 Å². The molecule has 7 nitrogen and oxygen atoms in total. The molecule has 2 aromatic heterocycles. The van der Waals surface area contributed by atoms with Gasteiger partial charge in [0.25, 0.3) is 5.91 Å². The van der Waals surface area contributed by atoms with Crippen molar-refractivity contribution in [2.24, 2.45) is 0 Å². The van der Waals surface area contributed by atoms with Gasteiger partial charge in [0.05, 0.1) is 18.9 Å². The van der Waals surface area contributed by atoms with E-state index in [4.69, 9.17) is 16.3 Å². The van der Waals surface area contributed by atoms with Gasteiger partial charge in [0.15, 0.2) is 0 Å². The fourth-order valence-corrected chi connectivity index (χ4v) is 2.80. The third-order valence-corrected chi connectivity index (χ3v) is 3.97. The number of anilines is 1. The lowest BCUT2D eigenvalue weighted by molar-refractivity contribution is 0.0957. The van der Waals surface area contributed by atoms with Crippen LogP contribution in [0.2, 0.25) is 5.15 Å². The van der Waals surface area contributed by atoms with Gasteiger partial charge in [-0.1, -0.05) is 11.6 Å². The lowest BCUT2D eigenvalue weighted by Gasteiger charge is -2.33. The average molecular weight is 348 g/mol. The molecule has 0 saturated carbocycles. The number of hydrogen-bond donors (Lipinski definition) is 1. The van der Waals surface area contributed by atoms with Crippen molar-refractivity contribution in [2.45, 2.75) is 18.9 Å². The normalized spacial score (nSPS) is 17.4. The third kappa shape index (κ3) is 3.91. The SMILES string of the molecule is CNC(=O)c1cc(O[C@H]2CCCN(c3cncc(Cl)n3)C2)ccn1. The summed E-state index contributed by atoms with van der Waals surface area (Å²) < 4.78 is 6.03. The lowest BCUT2D eigenvalue weighted by atomic mass is 10.1. The Kier molecular flexibility index (Phi) is 5.10. The molecular weight excluding hydrogens is 330 g/mol. The van der Waals surface area contributed by atoms with Gasteiger partial charge in [-0.3, -0.25) is 14.8 Å². The van der Waals surface area contributed by atoms with E-state index in [1.807, 2.05) is 0 Å². The molecule has 0 aromatic carbocycles. The second kappa shape index (κ2) is 7.44. The van der Waals surface area contributed by atoms with Gasteiger partial charge in [-0.05, 0) is 18.9 Å². The molecule has 1 atom stereocenters. The Morgan fingerprint density at radius 3 is 3.12 bits per heavy atom. The van der Waals surface area contributed by atoms with E-state index in [-0.39, 0.29) is 12.0 Å². The first-order valence-corrected chi connectivity index (χ1v) is 8.11. The molecule has 1 fully saturated rings. The fraction of sp³-hybridized carbons (Fsp3) is 0.375. The summed E-state index contributed by atoms with van der Waals surface area (Å²) in [6.45, 7) is 1.57. The molecule has 0 aliphatic carbocycles. The van der Waals surface area contributed by atoms with Crippen LogP contribution in [0.25, 0.3) is 0 Å². The van der Waals surface area contributed by atoms with Crippen LogP contribution in [-0.4, -0.2) is 47.1 Å². The van der Waals surface area contributed by atoms with E-state index in [9.17, 15) is 4.79 Å². The van der Waals surface area contributed by atoms with Gasteiger partial charge in [0, 0.05) is 25.9 Å². The molecule has 24 heavy (non-hydrogen) atoms. The predicted molar refractivity (Wildman–Crippen MR) is 90.5 cm³/mol. The van der Waals surface area contributed by atoms with Crippen LogP contribution in [-0.2, 0) is 0 Å². The highest BCUT2D eigenvalue weighted by atomic mass is 35.5. The van der Waals surface area contributed by atoms with E-state index in [2.05, 4.69) is 25.2 Å². The van der Waals surface area contributed by atoms with Gasteiger partial charge in [-0.25, -0.2) is 4.98 Å². The topological polar surface area (TPSA) is 80.2 Å². The number of carbonyl (C=O) groups is 1.